The molecule has 2 rings (SSSR count). The highest BCUT2D eigenvalue weighted by molar-refractivity contribution is 6.31. The first-order valence-corrected chi connectivity index (χ1v) is 7.29. The number of amides is 1. The zero-order valence-electron chi connectivity index (χ0n) is 12.4. The summed E-state index contributed by atoms with van der Waals surface area (Å²) >= 11 is 5.96. The summed E-state index contributed by atoms with van der Waals surface area (Å²) in [7, 11) is 1.94. The normalized spacial score (nSPS) is 17.5. The van der Waals surface area contributed by atoms with Crippen molar-refractivity contribution in [3.63, 3.8) is 0 Å². The molecule has 1 aromatic rings. The minimum atomic E-state index is 0. The van der Waals surface area contributed by atoms with Crippen LogP contribution in [0.15, 0.2) is 18.2 Å². The van der Waals surface area contributed by atoms with Crippen LogP contribution in [0.1, 0.15) is 12.0 Å². The largest absolute Gasteiger partial charge is 0.484 e. The highest BCUT2D eigenvalue weighted by Crippen LogP contribution is 2.21. The van der Waals surface area contributed by atoms with Crippen molar-refractivity contribution in [2.24, 2.45) is 5.92 Å². The Hall–Kier alpha value is -0.970. The van der Waals surface area contributed by atoms with Crippen LogP contribution in [0, 0.1) is 12.8 Å². The third-order valence-electron chi connectivity index (χ3n) is 3.62. The van der Waals surface area contributed by atoms with Gasteiger partial charge in [0.15, 0.2) is 6.61 Å². The second-order valence-electron chi connectivity index (χ2n) is 5.25. The summed E-state index contributed by atoms with van der Waals surface area (Å²) in [6.45, 7) is 4.62. The lowest BCUT2D eigenvalue weighted by Gasteiger charge is -2.17. The Kier molecular flexibility index (Phi) is 7.29. The number of rotatable bonds is 5. The first-order chi connectivity index (χ1) is 9.60. The van der Waals surface area contributed by atoms with E-state index >= 15 is 0 Å². The summed E-state index contributed by atoms with van der Waals surface area (Å²) in [5.74, 6) is 1.30. The van der Waals surface area contributed by atoms with Crippen molar-refractivity contribution in [2.75, 3.05) is 33.3 Å². The van der Waals surface area contributed by atoms with Crippen molar-refractivity contribution in [1.29, 1.82) is 0 Å². The van der Waals surface area contributed by atoms with E-state index in [4.69, 9.17) is 16.3 Å². The molecule has 0 saturated carbocycles. The van der Waals surface area contributed by atoms with Gasteiger partial charge in [0.25, 0.3) is 5.91 Å². The molecule has 4 nitrogen and oxygen atoms in total. The van der Waals surface area contributed by atoms with Crippen LogP contribution in [0.3, 0.4) is 0 Å². The number of hydrogen-bond acceptors (Lipinski definition) is 3. The molecule has 118 valence electrons. The Labute approximate surface area is 137 Å². The molecule has 0 aliphatic carbocycles. The van der Waals surface area contributed by atoms with Crippen LogP contribution in [0.2, 0.25) is 5.02 Å². The van der Waals surface area contributed by atoms with Gasteiger partial charge in [0.2, 0.25) is 0 Å². The number of carbonyl (C=O) groups excluding carboxylic acids is 1. The summed E-state index contributed by atoms with van der Waals surface area (Å²) in [5.41, 5.74) is 0.951. The Balaban J connectivity index is 0.00000220. The second-order valence-corrected chi connectivity index (χ2v) is 5.66. The van der Waals surface area contributed by atoms with E-state index in [-0.39, 0.29) is 24.9 Å². The van der Waals surface area contributed by atoms with Gasteiger partial charge in [0.1, 0.15) is 5.75 Å². The second kappa shape index (κ2) is 8.47. The highest BCUT2D eigenvalue weighted by atomic mass is 35.5. The van der Waals surface area contributed by atoms with Gasteiger partial charge in [-0.25, -0.2) is 0 Å². The number of likely N-dealkylation sites (tertiary alicyclic amines) is 1. The van der Waals surface area contributed by atoms with Gasteiger partial charge in [-0.05, 0) is 56.6 Å². The fraction of sp³-hybridized carbons (Fsp3) is 0.533. The average Bonchev–Trinajstić information content (AvgIpc) is 2.89. The zero-order valence-corrected chi connectivity index (χ0v) is 14.0. The molecule has 1 amide bonds. The number of nitrogens with zero attached hydrogens (tertiary/aromatic N) is 1. The third kappa shape index (κ3) is 5.06. The van der Waals surface area contributed by atoms with Crippen LogP contribution >= 0.6 is 24.0 Å². The first-order valence-electron chi connectivity index (χ1n) is 6.91. The fourth-order valence-electron chi connectivity index (χ4n) is 2.46. The SMILES string of the molecule is CNCC1CCN(C(=O)COc2ccc(Cl)c(C)c2)C1.Cl. The summed E-state index contributed by atoms with van der Waals surface area (Å²) in [5, 5.41) is 3.86. The number of halogens is 2. The molecule has 0 aromatic heterocycles. The molecule has 1 heterocycles. The van der Waals surface area contributed by atoms with Gasteiger partial charge in [0, 0.05) is 18.1 Å². The number of benzene rings is 1. The predicted octanol–water partition coefficient (Wildman–Crippen LogP) is 2.52. The van der Waals surface area contributed by atoms with E-state index in [9.17, 15) is 4.79 Å². The molecule has 1 aliphatic rings. The van der Waals surface area contributed by atoms with E-state index in [1.54, 1.807) is 12.1 Å². The molecule has 0 bridgehead atoms. The Morgan fingerprint density at radius 3 is 2.95 bits per heavy atom. The van der Waals surface area contributed by atoms with Gasteiger partial charge < -0.3 is 15.0 Å². The minimum Gasteiger partial charge on any atom is -0.484 e. The number of hydrogen-bond donors (Lipinski definition) is 1. The maximum atomic E-state index is 12.1. The zero-order chi connectivity index (χ0) is 14.5. The lowest BCUT2D eigenvalue weighted by molar-refractivity contribution is -0.132. The smallest absolute Gasteiger partial charge is 0.260 e. The molecule has 0 radical (unpaired) electrons. The van der Waals surface area contributed by atoms with Gasteiger partial charge in [-0.3, -0.25) is 4.79 Å². The molecule has 1 saturated heterocycles. The predicted molar refractivity (Wildman–Crippen MR) is 87.5 cm³/mol. The topological polar surface area (TPSA) is 41.6 Å². The van der Waals surface area contributed by atoms with Crippen molar-refractivity contribution in [2.45, 2.75) is 13.3 Å². The van der Waals surface area contributed by atoms with Crippen LogP contribution in [-0.2, 0) is 4.79 Å². The summed E-state index contributed by atoms with van der Waals surface area (Å²) in [6, 6.07) is 5.43. The molecule has 1 unspecified atom stereocenters. The molecule has 6 heteroatoms. The van der Waals surface area contributed by atoms with Crippen molar-refractivity contribution in [1.82, 2.24) is 10.2 Å². The maximum absolute atomic E-state index is 12.1. The first kappa shape index (κ1) is 18.1. The van der Waals surface area contributed by atoms with Gasteiger partial charge >= 0.3 is 0 Å². The highest BCUT2D eigenvalue weighted by Gasteiger charge is 2.25. The van der Waals surface area contributed by atoms with E-state index in [0.717, 1.165) is 31.6 Å². The fourth-order valence-corrected chi connectivity index (χ4v) is 2.58. The van der Waals surface area contributed by atoms with E-state index in [1.165, 1.54) is 0 Å². The molecule has 1 N–H and O–H groups in total. The van der Waals surface area contributed by atoms with Crippen LogP contribution < -0.4 is 10.1 Å². The van der Waals surface area contributed by atoms with Gasteiger partial charge in [-0.1, -0.05) is 11.6 Å². The summed E-state index contributed by atoms with van der Waals surface area (Å²) < 4.78 is 5.55. The van der Waals surface area contributed by atoms with Crippen molar-refractivity contribution in [3.8, 4) is 5.75 Å². The van der Waals surface area contributed by atoms with Crippen LogP contribution in [0.25, 0.3) is 0 Å². The average molecular weight is 333 g/mol. The van der Waals surface area contributed by atoms with Gasteiger partial charge in [-0.2, -0.15) is 0 Å². The van der Waals surface area contributed by atoms with E-state index in [1.807, 2.05) is 24.9 Å². The Bertz CT molecular complexity index is 483. The quantitative estimate of drug-likeness (QED) is 0.900. The Morgan fingerprint density at radius 1 is 1.52 bits per heavy atom. The van der Waals surface area contributed by atoms with E-state index < -0.39 is 0 Å². The van der Waals surface area contributed by atoms with Crippen molar-refractivity contribution >= 4 is 29.9 Å². The minimum absolute atomic E-state index is 0. The number of carbonyl (C=O) groups is 1. The molecule has 21 heavy (non-hydrogen) atoms. The van der Waals surface area contributed by atoms with E-state index in [2.05, 4.69) is 5.32 Å². The van der Waals surface area contributed by atoms with Crippen LogP contribution in [0.4, 0.5) is 0 Å². The van der Waals surface area contributed by atoms with Crippen molar-refractivity contribution in [3.05, 3.63) is 28.8 Å². The van der Waals surface area contributed by atoms with Crippen molar-refractivity contribution < 1.29 is 9.53 Å². The molecular weight excluding hydrogens is 311 g/mol. The van der Waals surface area contributed by atoms with Crippen LogP contribution in [-0.4, -0.2) is 44.1 Å². The molecule has 1 fully saturated rings. The lowest BCUT2D eigenvalue weighted by atomic mass is 10.1. The molecule has 1 aliphatic heterocycles. The van der Waals surface area contributed by atoms with Crippen LogP contribution in [0.5, 0.6) is 5.75 Å². The molecular formula is C15H22Cl2N2O2. The third-order valence-corrected chi connectivity index (χ3v) is 4.05. The lowest BCUT2D eigenvalue weighted by Crippen LogP contribution is -2.34. The monoisotopic (exact) mass is 332 g/mol. The summed E-state index contributed by atoms with van der Waals surface area (Å²) in [4.78, 5) is 14.0. The summed E-state index contributed by atoms with van der Waals surface area (Å²) in [6.07, 6.45) is 1.06. The molecule has 1 aromatic carbocycles. The van der Waals surface area contributed by atoms with E-state index in [0.29, 0.717) is 16.7 Å². The van der Waals surface area contributed by atoms with Gasteiger partial charge in [-0.15, -0.1) is 12.4 Å². The standard InChI is InChI=1S/C15H21ClN2O2.ClH/c1-11-7-13(3-4-14(11)16)20-10-15(19)18-6-5-12(9-18)8-17-2;/h3-4,7,12,17H,5-6,8-10H2,1-2H3;1H. The molecule has 1 atom stereocenters. The molecule has 0 spiro atoms. The van der Waals surface area contributed by atoms with Gasteiger partial charge in [0.05, 0.1) is 0 Å². The Morgan fingerprint density at radius 2 is 2.29 bits per heavy atom. The number of ether oxygens (including phenoxy) is 1. The maximum Gasteiger partial charge on any atom is 0.260 e. The number of nitrogens with one attached hydrogen (secondary N) is 1. The number of aryl methyl sites for hydroxylation is 1.